The van der Waals surface area contributed by atoms with Gasteiger partial charge in [0.25, 0.3) is 0 Å². The first-order chi connectivity index (χ1) is 8.27. The molecule has 1 aromatic rings. The van der Waals surface area contributed by atoms with Crippen molar-refractivity contribution >= 4 is 11.6 Å². The summed E-state index contributed by atoms with van der Waals surface area (Å²) in [4.78, 5) is 15.7. The Bertz CT molecular complexity index is 465. The number of nitrogen functional groups attached to an aromatic ring is 1. The number of rotatable bonds is 1. The fraction of sp³-hybridized carbons (Fsp3) is 0.429. The van der Waals surface area contributed by atoms with Crippen molar-refractivity contribution < 1.29 is 4.79 Å². The van der Waals surface area contributed by atoms with Gasteiger partial charge in [-0.1, -0.05) is 25.2 Å². The van der Waals surface area contributed by atoms with Gasteiger partial charge in [0, 0.05) is 12.1 Å². The molecule has 0 aromatic carbocycles. The number of nitrogens with zero attached hydrogens (tertiary/aromatic N) is 1. The SMILES string of the molecule is Nc1ncccc1C(=O)C#CC1CCCCC1. The second kappa shape index (κ2) is 5.49. The summed E-state index contributed by atoms with van der Waals surface area (Å²) in [5.41, 5.74) is 6.04. The van der Waals surface area contributed by atoms with Crippen molar-refractivity contribution in [3.8, 4) is 11.8 Å². The van der Waals surface area contributed by atoms with Crippen LogP contribution in [0.4, 0.5) is 5.82 Å². The maximum Gasteiger partial charge on any atom is 0.239 e. The van der Waals surface area contributed by atoms with Gasteiger partial charge in [-0.05, 0) is 30.9 Å². The minimum Gasteiger partial charge on any atom is -0.383 e. The summed E-state index contributed by atoms with van der Waals surface area (Å²) in [6.45, 7) is 0. The van der Waals surface area contributed by atoms with Crippen LogP contribution in [0.1, 0.15) is 42.5 Å². The van der Waals surface area contributed by atoms with E-state index in [-0.39, 0.29) is 11.6 Å². The minimum atomic E-state index is -0.221. The summed E-state index contributed by atoms with van der Waals surface area (Å²) >= 11 is 0. The van der Waals surface area contributed by atoms with Gasteiger partial charge < -0.3 is 5.73 Å². The Hall–Kier alpha value is -1.82. The number of carbonyl (C=O) groups is 1. The molecule has 0 saturated heterocycles. The molecule has 1 fully saturated rings. The Balaban J connectivity index is 2.06. The number of hydrogen-bond donors (Lipinski definition) is 1. The van der Waals surface area contributed by atoms with E-state index in [0.717, 1.165) is 12.8 Å². The molecule has 3 nitrogen and oxygen atoms in total. The average molecular weight is 228 g/mol. The van der Waals surface area contributed by atoms with E-state index in [2.05, 4.69) is 16.8 Å². The van der Waals surface area contributed by atoms with Gasteiger partial charge in [-0.2, -0.15) is 0 Å². The van der Waals surface area contributed by atoms with Crippen LogP contribution in [0.25, 0.3) is 0 Å². The third-order valence-corrected chi connectivity index (χ3v) is 3.08. The number of ketones is 1. The maximum absolute atomic E-state index is 11.8. The predicted molar refractivity (Wildman–Crippen MR) is 67.3 cm³/mol. The topological polar surface area (TPSA) is 56.0 Å². The Morgan fingerprint density at radius 2 is 2.12 bits per heavy atom. The molecule has 2 rings (SSSR count). The molecule has 1 aromatic heterocycles. The Kier molecular flexibility index (Phi) is 3.77. The van der Waals surface area contributed by atoms with Gasteiger partial charge in [0.2, 0.25) is 5.78 Å². The molecule has 1 heterocycles. The molecule has 1 aliphatic rings. The number of aromatic nitrogens is 1. The summed E-state index contributed by atoms with van der Waals surface area (Å²) in [6.07, 6.45) is 7.54. The number of Topliss-reactive ketones (excluding diaryl/α,β-unsaturated/α-hetero) is 1. The van der Waals surface area contributed by atoms with Crippen LogP contribution in [0.5, 0.6) is 0 Å². The van der Waals surface area contributed by atoms with Gasteiger partial charge in [-0.25, -0.2) is 4.98 Å². The molecule has 0 amide bonds. The van der Waals surface area contributed by atoms with Crippen LogP contribution in [0.15, 0.2) is 18.3 Å². The van der Waals surface area contributed by atoms with Gasteiger partial charge >= 0.3 is 0 Å². The summed E-state index contributed by atoms with van der Waals surface area (Å²) in [5.74, 6) is 6.18. The zero-order valence-electron chi connectivity index (χ0n) is 9.78. The van der Waals surface area contributed by atoms with Crippen molar-refractivity contribution in [1.29, 1.82) is 0 Å². The van der Waals surface area contributed by atoms with E-state index in [1.54, 1.807) is 18.3 Å². The van der Waals surface area contributed by atoms with Crippen LogP contribution < -0.4 is 5.73 Å². The van der Waals surface area contributed by atoms with Gasteiger partial charge in [0.1, 0.15) is 5.82 Å². The molecule has 17 heavy (non-hydrogen) atoms. The van der Waals surface area contributed by atoms with Crippen LogP contribution in [0.2, 0.25) is 0 Å². The highest BCUT2D eigenvalue weighted by Crippen LogP contribution is 2.22. The van der Waals surface area contributed by atoms with Crippen molar-refractivity contribution in [2.24, 2.45) is 5.92 Å². The molecule has 1 saturated carbocycles. The Morgan fingerprint density at radius 3 is 2.82 bits per heavy atom. The van der Waals surface area contributed by atoms with Crippen LogP contribution in [0.3, 0.4) is 0 Å². The normalized spacial score (nSPS) is 16.0. The highest BCUT2D eigenvalue weighted by molar-refractivity contribution is 6.11. The van der Waals surface area contributed by atoms with E-state index in [1.807, 2.05) is 0 Å². The molecule has 0 radical (unpaired) electrons. The summed E-state index contributed by atoms with van der Waals surface area (Å²) in [7, 11) is 0. The lowest BCUT2D eigenvalue weighted by atomic mass is 9.89. The van der Waals surface area contributed by atoms with Crippen LogP contribution in [-0.2, 0) is 0 Å². The molecule has 0 aliphatic heterocycles. The number of pyridine rings is 1. The van der Waals surface area contributed by atoms with Crippen molar-refractivity contribution in [3.05, 3.63) is 23.9 Å². The molecule has 0 atom stereocenters. The maximum atomic E-state index is 11.8. The van der Waals surface area contributed by atoms with Crippen molar-refractivity contribution in [3.63, 3.8) is 0 Å². The number of carbonyl (C=O) groups excluding carboxylic acids is 1. The van der Waals surface area contributed by atoms with Crippen LogP contribution in [0, 0.1) is 17.8 Å². The Labute approximate surface area is 101 Å². The Morgan fingerprint density at radius 1 is 1.35 bits per heavy atom. The quantitative estimate of drug-likeness (QED) is 0.456. The molecule has 3 heteroatoms. The fourth-order valence-electron chi connectivity index (χ4n) is 2.09. The van der Waals surface area contributed by atoms with E-state index < -0.39 is 0 Å². The van der Waals surface area contributed by atoms with E-state index >= 15 is 0 Å². The van der Waals surface area contributed by atoms with Gasteiger partial charge in [-0.3, -0.25) is 4.79 Å². The van der Waals surface area contributed by atoms with Gasteiger partial charge in [0.15, 0.2) is 0 Å². The molecule has 0 bridgehead atoms. The van der Waals surface area contributed by atoms with E-state index in [4.69, 9.17) is 5.73 Å². The lowest BCUT2D eigenvalue weighted by Crippen LogP contribution is -2.06. The van der Waals surface area contributed by atoms with Gasteiger partial charge in [-0.15, -0.1) is 0 Å². The smallest absolute Gasteiger partial charge is 0.239 e. The van der Waals surface area contributed by atoms with E-state index in [9.17, 15) is 4.79 Å². The largest absolute Gasteiger partial charge is 0.383 e. The summed E-state index contributed by atoms with van der Waals surface area (Å²) in [5, 5.41) is 0. The number of hydrogen-bond acceptors (Lipinski definition) is 3. The molecule has 0 unspecified atom stereocenters. The number of nitrogens with two attached hydrogens (primary N) is 1. The zero-order valence-corrected chi connectivity index (χ0v) is 9.78. The predicted octanol–water partition coefficient (Wildman–Crippen LogP) is 2.43. The zero-order chi connectivity index (χ0) is 12.1. The van der Waals surface area contributed by atoms with Crippen molar-refractivity contribution in [2.75, 3.05) is 5.73 Å². The fourth-order valence-corrected chi connectivity index (χ4v) is 2.09. The summed E-state index contributed by atoms with van der Waals surface area (Å²) < 4.78 is 0. The molecule has 0 spiro atoms. The standard InChI is InChI=1S/C14H16N2O/c15-14-12(7-4-10-16-14)13(17)9-8-11-5-2-1-3-6-11/h4,7,10-11H,1-3,5-6H2,(H2,15,16). The monoisotopic (exact) mass is 228 g/mol. The summed E-state index contributed by atoms with van der Waals surface area (Å²) in [6, 6.07) is 3.37. The first-order valence-corrected chi connectivity index (χ1v) is 6.04. The van der Waals surface area contributed by atoms with Gasteiger partial charge in [0.05, 0.1) is 5.56 Å². The molecular formula is C14H16N2O. The molecule has 2 N–H and O–H groups in total. The van der Waals surface area contributed by atoms with Crippen LogP contribution >= 0.6 is 0 Å². The van der Waals surface area contributed by atoms with Crippen molar-refractivity contribution in [1.82, 2.24) is 4.98 Å². The average Bonchev–Trinajstić information content (AvgIpc) is 2.38. The molecule has 88 valence electrons. The third kappa shape index (κ3) is 3.07. The minimum absolute atomic E-state index is 0.221. The lowest BCUT2D eigenvalue weighted by Gasteiger charge is -2.15. The van der Waals surface area contributed by atoms with E-state index in [1.165, 1.54) is 19.3 Å². The van der Waals surface area contributed by atoms with E-state index in [0.29, 0.717) is 11.5 Å². The lowest BCUT2D eigenvalue weighted by molar-refractivity contribution is 0.105. The van der Waals surface area contributed by atoms with Crippen molar-refractivity contribution in [2.45, 2.75) is 32.1 Å². The second-order valence-electron chi connectivity index (χ2n) is 4.37. The second-order valence-corrected chi connectivity index (χ2v) is 4.37. The highest BCUT2D eigenvalue weighted by atomic mass is 16.1. The van der Waals surface area contributed by atoms with Crippen LogP contribution in [-0.4, -0.2) is 10.8 Å². The molecule has 1 aliphatic carbocycles. The first kappa shape index (κ1) is 11.7. The molecular weight excluding hydrogens is 212 g/mol. The third-order valence-electron chi connectivity index (χ3n) is 3.08. The number of anilines is 1. The highest BCUT2D eigenvalue weighted by Gasteiger charge is 2.11. The first-order valence-electron chi connectivity index (χ1n) is 6.04.